The van der Waals surface area contributed by atoms with Crippen LogP contribution in [0.25, 0.3) is 0 Å². The van der Waals surface area contributed by atoms with Crippen molar-refractivity contribution in [2.75, 3.05) is 52.6 Å². The molecule has 0 aliphatic carbocycles. The Bertz CT molecular complexity index is 1130. The first kappa shape index (κ1) is 24.9. The molecule has 0 aromatic heterocycles. The molecule has 2 fully saturated rings. The summed E-state index contributed by atoms with van der Waals surface area (Å²) in [6.07, 6.45) is 1.19. The van der Waals surface area contributed by atoms with Crippen LogP contribution in [-0.2, 0) is 16.6 Å². The van der Waals surface area contributed by atoms with E-state index < -0.39 is 10.0 Å². The van der Waals surface area contributed by atoms with Gasteiger partial charge in [0.2, 0.25) is 10.0 Å². The first-order chi connectivity index (χ1) is 16.1. The number of likely N-dealkylation sites (N-methyl/N-ethyl adjacent to an activating group) is 1. The zero-order chi connectivity index (χ0) is 24.5. The third-order valence-corrected chi connectivity index (χ3v) is 8.30. The highest BCUT2D eigenvalue weighted by Gasteiger charge is 2.40. The van der Waals surface area contributed by atoms with Crippen LogP contribution in [0.1, 0.15) is 17.0 Å². The topological polar surface area (TPSA) is 64.2 Å². The Morgan fingerprint density at radius 3 is 2.38 bits per heavy atom. The summed E-state index contributed by atoms with van der Waals surface area (Å²) < 4.78 is 39.4. The van der Waals surface area contributed by atoms with Crippen LogP contribution in [0.2, 0.25) is 5.02 Å². The van der Waals surface area contributed by atoms with Gasteiger partial charge in [0.25, 0.3) is 0 Å². The van der Waals surface area contributed by atoms with Crippen molar-refractivity contribution in [3.63, 3.8) is 0 Å². The lowest BCUT2D eigenvalue weighted by molar-refractivity contribution is 0.138. The molecule has 4 rings (SSSR count). The van der Waals surface area contributed by atoms with Crippen molar-refractivity contribution in [3.8, 4) is 0 Å². The predicted octanol–water partition coefficient (Wildman–Crippen LogP) is 3.08. The molecule has 2 aromatic carbocycles. The van der Waals surface area contributed by atoms with Gasteiger partial charge in [0.1, 0.15) is 5.82 Å². The van der Waals surface area contributed by atoms with Gasteiger partial charge in [0.05, 0.1) is 6.26 Å². The Balaban J connectivity index is 1.50. The average molecular weight is 509 g/mol. The van der Waals surface area contributed by atoms with Gasteiger partial charge in [-0.3, -0.25) is 4.90 Å². The van der Waals surface area contributed by atoms with Gasteiger partial charge in [-0.1, -0.05) is 41.9 Å². The standard InChI is InChI=1S/C24H30ClFN4O3S/c1-27(15-19-14-20(25)8-9-22(19)26)23-17-29(16-21(23)18-6-4-3-5-7-18)24(31)28-10-12-30(13-11-28)34(2,32)33/h3-9,14,21,23H,10-13,15-17H2,1-2H3/t21-,23+/m1/s1. The molecule has 2 aliphatic heterocycles. The van der Waals surface area contributed by atoms with Crippen molar-refractivity contribution in [1.82, 2.24) is 19.0 Å². The molecule has 10 heteroatoms. The van der Waals surface area contributed by atoms with Crippen LogP contribution in [0.4, 0.5) is 9.18 Å². The zero-order valence-corrected chi connectivity index (χ0v) is 21.0. The van der Waals surface area contributed by atoms with Crippen LogP contribution in [0.5, 0.6) is 0 Å². The summed E-state index contributed by atoms with van der Waals surface area (Å²) >= 11 is 6.09. The molecule has 0 spiro atoms. The molecule has 34 heavy (non-hydrogen) atoms. The Morgan fingerprint density at radius 2 is 1.74 bits per heavy atom. The molecular formula is C24H30ClFN4O3S. The molecule has 2 aromatic rings. The SMILES string of the molecule is CN(Cc1cc(Cl)ccc1F)[C@H]1CN(C(=O)N2CCN(S(C)(=O)=O)CC2)C[C@@H]1c1ccccc1. The molecule has 7 nitrogen and oxygen atoms in total. The third kappa shape index (κ3) is 5.54. The van der Waals surface area contributed by atoms with Crippen molar-refractivity contribution in [2.45, 2.75) is 18.5 Å². The van der Waals surface area contributed by atoms with Crippen LogP contribution in [0.15, 0.2) is 48.5 Å². The monoisotopic (exact) mass is 508 g/mol. The first-order valence-corrected chi connectivity index (χ1v) is 13.5. The number of hydrogen-bond donors (Lipinski definition) is 0. The summed E-state index contributed by atoms with van der Waals surface area (Å²) in [4.78, 5) is 19.0. The first-order valence-electron chi connectivity index (χ1n) is 11.3. The molecule has 2 saturated heterocycles. The Kier molecular flexibility index (Phi) is 7.47. The van der Waals surface area contributed by atoms with Crippen LogP contribution in [0.3, 0.4) is 0 Å². The number of likely N-dealkylation sites (tertiary alicyclic amines) is 1. The van der Waals surface area contributed by atoms with E-state index in [4.69, 9.17) is 11.6 Å². The number of benzene rings is 2. The lowest BCUT2D eigenvalue weighted by Crippen LogP contribution is -2.53. The maximum Gasteiger partial charge on any atom is 0.320 e. The molecule has 0 saturated carbocycles. The van der Waals surface area contributed by atoms with Gasteiger partial charge in [-0.15, -0.1) is 0 Å². The number of halogens is 2. The number of urea groups is 1. The van der Waals surface area contributed by atoms with Gasteiger partial charge in [-0.25, -0.2) is 17.6 Å². The van der Waals surface area contributed by atoms with Gasteiger partial charge in [-0.2, -0.15) is 4.31 Å². The lowest BCUT2D eigenvalue weighted by Gasteiger charge is -2.35. The van der Waals surface area contributed by atoms with Gasteiger partial charge in [0, 0.05) is 68.4 Å². The molecule has 0 bridgehead atoms. The number of hydrogen-bond acceptors (Lipinski definition) is 4. The average Bonchev–Trinajstić information content (AvgIpc) is 3.27. The normalized spacial score (nSPS) is 21.9. The van der Waals surface area contributed by atoms with E-state index in [1.54, 1.807) is 11.0 Å². The zero-order valence-electron chi connectivity index (χ0n) is 19.4. The van der Waals surface area contributed by atoms with Crippen molar-refractivity contribution in [1.29, 1.82) is 0 Å². The van der Waals surface area contributed by atoms with E-state index >= 15 is 0 Å². The largest absolute Gasteiger partial charge is 0.322 e. The molecule has 0 N–H and O–H groups in total. The second kappa shape index (κ2) is 10.2. The Hall–Kier alpha value is -2.20. The highest BCUT2D eigenvalue weighted by molar-refractivity contribution is 7.88. The quantitative estimate of drug-likeness (QED) is 0.622. The second-order valence-corrected chi connectivity index (χ2v) is 11.5. The Morgan fingerprint density at radius 1 is 1.06 bits per heavy atom. The summed E-state index contributed by atoms with van der Waals surface area (Å²) in [5, 5.41) is 0.487. The summed E-state index contributed by atoms with van der Waals surface area (Å²) in [5.74, 6) is -0.239. The predicted molar refractivity (Wildman–Crippen MR) is 131 cm³/mol. The maximum atomic E-state index is 14.4. The van der Waals surface area contributed by atoms with Crippen LogP contribution < -0.4 is 0 Å². The van der Waals surface area contributed by atoms with Crippen molar-refractivity contribution >= 4 is 27.7 Å². The van der Waals surface area contributed by atoms with E-state index in [1.165, 1.54) is 22.7 Å². The van der Waals surface area contributed by atoms with Crippen LogP contribution in [0, 0.1) is 5.82 Å². The number of carbonyl (C=O) groups is 1. The number of sulfonamides is 1. The van der Waals surface area contributed by atoms with E-state index in [0.29, 0.717) is 56.4 Å². The minimum Gasteiger partial charge on any atom is -0.322 e. The molecule has 0 radical (unpaired) electrons. The highest BCUT2D eigenvalue weighted by atomic mass is 35.5. The fraction of sp³-hybridized carbons (Fsp3) is 0.458. The van der Waals surface area contributed by atoms with Gasteiger partial charge >= 0.3 is 6.03 Å². The molecule has 2 aliphatic rings. The Labute approximate surface area is 205 Å². The third-order valence-electron chi connectivity index (χ3n) is 6.76. The molecule has 2 heterocycles. The second-order valence-electron chi connectivity index (χ2n) is 9.07. The summed E-state index contributed by atoms with van der Waals surface area (Å²) in [5.41, 5.74) is 1.64. The summed E-state index contributed by atoms with van der Waals surface area (Å²) in [7, 11) is -1.32. The fourth-order valence-corrected chi connectivity index (χ4v) is 5.90. The number of amides is 2. The van der Waals surface area contributed by atoms with E-state index in [-0.39, 0.29) is 23.8 Å². The molecule has 2 amide bonds. The smallest absolute Gasteiger partial charge is 0.320 e. The lowest BCUT2D eigenvalue weighted by atomic mass is 9.93. The van der Waals surface area contributed by atoms with Gasteiger partial charge in [-0.05, 0) is 30.8 Å². The number of piperazine rings is 1. The van der Waals surface area contributed by atoms with Crippen molar-refractivity contribution < 1.29 is 17.6 Å². The van der Waals surface area contributed by atoms with E-state index in [1.807, 2.05) is 30.1 Å². The number of rotatable bonds is 5. The van der Waals surface area contributed by atoms with E-state index in [2.05, 4.69) is 17.0 Å². The van der Waals surface area contributed by atoms with Crippen LogP contribution in [-0.4, -0.2) is 92.1 Å². The summed E-state index contributed by atoms with van der Waals surface area (Å²) in [6, 6.07) is 14.5. The minimum absolute atomic E-state index is 0.0120. The van der Waals surface area contributed by atoms with E-state index in [0.717, 1.165) is 5.56 Å². The van der Waals surface area contributed by atoms with E-state index in [9.17, 15) is 17.6 Å². The molecular weight excluding hydrogens is 479 g/mol. The molecule has 0 unspecified atom stereocenters. The van der Waals surface area contributed by atoms with Gasteiger partial charge < -0.3 is 9.80 Å². The highest BCUT2D eigenvalue weighted by Crippen LogP contribution is 2.32. The van der Waals surface area contributed by atoms with Crippen LogP contribution >= 0.6 is 11.6 Å². The van der Waals surface area contributed by atoms with Crippen molar-refractivity contribution in [2.24, 2.45) is 0 Å². The maximum absolute atomic E-state index is 14.4. The van der Waals surface area contributed by atoms with Crippen molar-refractivity contribution in [3.05, 3.63) is 70.5 Å². The fourth-order valence-electron chi connectivity index (χ4n) is 4.88. The molecule has 184 valence electrons. The number of nitrogens with zero attached hydrogens (tertiary/aromatic N) is 4. The number of carbonyl (C=O) groups excluding carboxylic acids is 1. The van der Waals surface area contributed by atoms with Gasteiger partial charge in [0.15, 0.2) is 0 Å². The minimum atomic E-state index is -3.26. The summed E-state index contributed by atoms with van der Waals surface area (Å²) in [6.45, 7) is 2.76. The molecule has 2 atom stereocenters.